The van der Waals surface area contributed by atoms with Gasteiger partial charge in [0.15, 0.2) is 5.75 Å². The number of aromatic nitrogens is 1. The monoisotopic (exact) mass is 223 g/mol. The molecule has 0 aromatic carbocycles. The maximum atomic E-state index is 5.96. The van der Waals surface area contributed by atoms with Crippen LogP contribution in [0.2, 0.25) is 0 Å². The average Bonchev–Trinajstić information content (AvgIpc) is 3.01. The number of ether oxygens (including phenoxy) is 1. The predicted octanol–water partition coefficient (Wildman–Crippen LogP) is 3.47. The Kier molecular flexibility index (Phi) is 3.19. The lowest BCUT2D eigenvalue weighted by molar-refractivity contribution is 0.289. The van der Waals surface area contributed by atoms with Gasteiger partial charge in [0.2, 0.25) is 0 Å². The van der Waals surface area contributed by atoms with Crippen molar-refractivity contribution < 1.29 is 4.74 Å². The molecule has 0 amide bonds. The predicted molar refractivity (Wildman–Crippen MR) is 63.8 cm³/mol. The first kappa shape index (κ1) is 10.8. The van der Waals surface area contributed by atoms with E-state index in [2.05, 4.69) is 24.9 Å². The second kappa shape index (κ2) is 4.44. The fourth-order valence-corrected chi connectivity index (χ4v) is 2.03. The highest BCUT2D eigenvalue weighted by Gasteiger charge is 2.26. The van der Waals surface area contributed by atoms with Crippen molar-refractivity contribution >= 4 is 11.8 Å². The zero-order chi connectivity index (χ0) is 10.8. The number of thioether (sulfide) groups is 1. The van der Waals surface area contributed by atoms with Gasteiger partial charge < -0.3 is 4.74 Å². The van der Waals surface area contributed by atoms with Gasteiger partial charge in [-0.15, -0.1) is 11.8 Å². The highest BCUT2D eigenvalue weighted by atomic mass is 32.2. The Labute approximate surface area is 95.4 Å². The van der Waals surface area contributed by atoms with Crippen LogP contribution in [-0.4, -0.2) is 17.3 Å². The van der Waals surface area contributed by atoms with Crippen LogP contribution in [0.1, 0.15) is 38.2 Å². The molecule has 0 aliphatic heterocycles. The van der Waals surface area contributed by atoms with Crippen LogP contribution in [-0.2, 0) is 0 Å². The number of rotatable bonds is 4. The van der Waals surface area contributed by atoms with E-state index in [4.69, 9.17) is 4.74 Å². The molecule has 1 aliphatic carbocycles. The Bertz CT molecular complexity index is 347. The summed E-state index contributed by atoms with van der Waals surface area (Å²) >= 11 is 1.66. The quantitative estimate of drug-likeness (QED) is 0.730. The minimum Gasteiger partial charge on any atom is -0.487 e. The lowest BCUT2D eigenvalue weighted by Crippen LogP contribution is -2.03. The van der Waals surface area contributed by atoms with Crippen LogP contribution in [0.3, 0.4) is 0 Å². The molecule has 2 nitrogen and oxygen atoms in total. The van der Waals surface area contributed by atoms with Gasteiger partial charge in [0.25, 0.3) is 0 Å². The molecule has 1 heterocycles. The molecule has 2 rings (SSSR count). The molecule has 0 spiro atoms. The maximum absolute atomic E-state index is 5.96. The summed E-state index contributed by atoms with van der Waals surface area (Å²) in [5.74, 6) is 1.51. The lowest BCUT2D eigenvalue weighted by Gasteiger charge is -2.15. The summed E-state index contributed by atoms with van der Waals surface area (Å²) in [6, 6.07) is 2.07. The molecule has 1 aromatic heterocycles. The fraction of sp³-hybridized carbons (Fsp3) is 0.583. The fourth-order valence-electron chi connectivity index (χ4n) is 1.51. The van der Waals surface area contributed by atoms with E-state index in [1.165, 1.54) is 18.4 Å². The molecule has 1 saturated carbocycles. The summed E-state index contributed by atoms with van der Waals surface area (Å²) < 4.78 is 5.96. The second-order valence-electron chi connectivity index (χ2n) is 4.21. The van der Waals surface area contributed by atoms with Gasteiger partial charge in [0.1, 0.15) is 5.03 Å². The molecule has 1 fully saturated rings. The molecule has 0 radical (unpaired) electrons. The van der Waals surface area contributed by atoms with Gasteiger partial charge in [-0.25, -0.2) is 4.98 Å². The molecule has 15 heavy (non-hydrogen) atoms. The lowest BCUT2D eigenvalue weighted by atomic mass is 10.0. The van der Waals surface area contributed by atoms with Crippen LogP contribution in [0.4, 0.5) is 0 Å². The largest absolute Gasteiger partial charge is 0.487 e. The molecule has 0 saturated heterocycles. The first-order chi connectivity index (χ1) is 7.22. The van der Waals surface area contributed by atoms with Crippen molar-refractivity contribution in [3.05, 3.63) is 17.8 Å². The Morgan fingerprint density at radius 3 is 2.73 bits per heavy atom. The van der Waals surface area contributed by atoms with Gasteiger partial charge in [-0.1, -0.05) is 13.8 Å². The Morgan fingerprint density at radius 1 is 1.47 bits per heavy atom. The van der Waals surface area contributed by atoms with E-state index in [0.29, 0.717) is 12.0 Å². The summed E-state index contributed by atoms with van der Waals surface area (Å²) in [7, 11) is 0. The van der Waals surface area contributed by atoms with E-state index in [9.17, 15) is 0 Å². The smallest absolute Gasteiger partial charge is 0.155 e. The Balaban J connectivity index is 2.34. The van der Waals surface area contributed by atoms with Crippen LogP contribution < -0.4 is 4.74 Å². The molecule has 82 valence electrons. The van der Waals surface area contributed by atoms with Crippen molar-refractivity contribution in [3.8, 4) is 5.75 Å². The summed E-state index contributed by atoms with van der Waals surface area (Å²) in [5.41, 5.74) is 1.28. The number of nitrogens with zero attached hydrogens (tertiary/aromatic N) is 1. The molecular formula is C12H17NOS. The zero-order valence-corrected chi connectivity index (χ0v) is 10.3. The number of hydrogen-bond donors (Lipinski definition) is 0. The summed E-state index contributed by atoms with van der Waals surface area (Å²) in [4.78, 5) is 4.36. The van der Waals surface area contributed by atoms with Crippen LogP contribution in [0.5, 0.6) is 5.75 Å². The second-order valence-corrected chi connectivity index (χ2v) is 5.01. The van der Waals surface area contributed by atoms with E-state index < -0.39 is 0 Å². The van der Waals surface area contributed by atoms with Gasteiger partial charge in [-0.2, -0.15) is 0 Å². The molecule has 0 atom stereocenters. The molecule has 0 bridgehead atoms. The van der Waals surface area contributed by atoms with Crippen molar-refractivity contribution in [3.63, 3.8) is 0 Å². The van der Waals surface area contributed by atoms with Crippen LogP contribution in [0.25, 0.3) is 0 Å². The van der Waals surface area contributed by atoms with Crippen molar-refractivity contribution in [2.75, 3.05) is 6.26 Å². The van der Waals surface area contributed by atoms with Crippen molar-refractivity contribution in [1.82, 2.24) is 4.98 Å². The van der Waals surface area contributed by atoms with Crippen LogP contribution in [0.15, 0.2) is 17.3 Å². The summed E-state index contributed by atoms with van der Waals surface area (Å²) in [6.45, 7) is 4.39. The number of hydrogen-bond acceptors (Lipinski definition) is 3. The summed E-state index contributed by atoms with van der Waals surface area (Å²) in [5, 5.41) is 1.02. The molecule has 1 aliphatic rings. The molecule has 0 unspecified atom stereocenters. The van der Waals surface area contributed by atoms with Crippen molar-refractivity contribution in [2.24, 2.45) is 0 Å². The highest BCUT2D eigenvalue weighted by Crippen LogP contribution is 2.37. The molecule has 3 heteroatoms. The third-order valence-electron chi connectivity index (χ3n) is 2.53. The normalized spacial score (nSPS) is 15.7. The minimum atomic E-state index is 0.442. The Hall–Kier alpha value is -0.700. The van der Waals surface area contributed by atoms with Gasteiger partial charge in [0.05, 0.1) is 6.10 Å². The van der Waals surface area contributed by atoms with E-state index >= 15 is 0 Å². The zero-order valence-electron chi connectivity index (χ0n) is 9.49. The first-order valence-electron chi connectivity index (χ1n) is 5.42. The Morgan fingerprint density at radius 2 is 2.20 bits per heavy atom. The SMILES string of the molecule is CSc1nccc(C(C)C)c1OC1CC1. The average molecular weight is 223 g/mol. The van der Waals surface area contributed by atoms with Gasteiger partial charge in [-0.05, 0) is 31.1 Å². The minimum absolute atomic E-state index is 0.442. The first-order valence-corrected chi connectivity index (χ1v) is 6.64. The van der Waals surface area contributed by atoms with Crippen molar-refractivity contribution in [2.45, 2.75) is 43.7 Å². The highest BCUT2D eigenvalue weighted by molar-refractivity contribution is 7.98. The topological polar surface area (TPSA) is 22.1 Å². The molecular weight excluding hydrogens is 206 g/mol. The van der Waals surface area contributed by atoms with Gasteiger partial charge >= 0.3 is 0 Å². The third kappa shape index (κ3) is 2.46. The maximum Gasteiger partial charge on any atom is 0.155 e. The van der Waals surface area contributed by atoms with Crippen molar-refractivity contribution in [1.29, 1.82) is 0 Å². The molecule has 1 aromatic rings. The summed E-state index contributed by atoms with van der Waals surface area (Å²) in [6.07, 6.45) is 6.76. The van der Waals surface area contributed by atoms with Gasteiger partial charge in [-0.3, -0.25) is 0 Å². The van der Waals surface area contributed by atoms with E-state index in [0.717, 1.165) is 10.8 Å². The standard InChI is InChI=1S/C12H17NOS/c1-8(2)10-6-7-13-12(15-3)11(10)14-9-4-5-9/h6-9H,4-5H2,1-3H3. The number of pyridine rings is 1. The van der Waals surface area contributed by atoms with E-state index in [1.807, 2.05) is 12.5 Å². The van der Waals surface area contributed by atoms with E-state index in [1.54, 1.807) is 11.8 Å². The third-order valence-corrected chi connectivity index (χ3v) is 3.20. The van der Waals surface area contributed by atoms with E-state index in [-0.39, 0.29) is 0 Å². The van der Waals surface area contributed by atoms with Gasteiger partial charge in [0, 0.05) is 11.8 Å². The molecule has 0 N–H and O–H groups in total. The van der Waals surface area contributed by atoms with Crippen LogP contribution in [0, 0.1) is 0 Å². The van der Waals surface area contributed by atoms with Crippen LogP contribution >= 0.6 is 11.8 Å².